The zero-order chi connectivity index (χ0) is 37.8. The molecule has 0 spiro atoms. The van der Waals surface area contributed by atoms with Crippen LogP contribution in [0.15, 0.2) is 48.6 Å². The lowest BCUT2D eigenvalue weighted by Crippen LogP contribution is -2.45. The lowest BCUT2D eigenvalue weighted by Gasteiger charge is -2.19. The predicted molar refractivity (Wildman–Crippen MR) is 230 cm³/mol. The van der Waals surface area contributed by atoms with Crippen LogP contribution >= 0.6 is 0 Å². The summed E-state index contributed by atoms with van der Waals surface area (Å²) in [6.07, 6.45) is 59.4. The molecule has 0 aromatic carbocycles. The number of hydrogen-bond donors (Lipinski definition) is 3. The van der Waals surface area contributed by atoms with Crippen LogP contribution in [0.4, 0.5) is 0 Å². The summed E-state index contributed by atoms with van der Waals surface area (Å²) in [6.45, 7) is 4.28. The summed E-state index contributed by atoms with van der Waals surface area (Å²) in [6, 6.07) is -0.644. The number of nitrogens with one attached hydrogen (secondary N) is 1. The second-order valence-electron chi connectivity index (χ2n) is 15.5. The summed E-state index contributed by atoms with van der Waals surface area (Å²) >= 11 is 0. The van der Waals surface area contributed by atoms with Crippen LogP contribution in [-0.2, 0) is 4.79 Å². The van der Waals surface area contributed by atoms with Crippen molar-refractivity contribution in [2.24, 2.45) is 0 Å². The SMILES string of the molecule is CCCCC/C=C\C/C=C\CCCCCCCCCC(=O)NC(CO)C(O)/C=C/CC/C=C/CCCCCCCCCCCCCCCCCCC. The van der Waals surface area contributed by atoms with Crippen molar-refractivity contribution in [1.82, 2.24) is 5.32 Å². The first-order valence-corrected chi connectivity index (χ1v) is 22.9. The molecule has 0 fully saturated rings. The Kier molecular flexibility index (Phi) is 42.4. The number of hydrogen-bond acceptors (Lipinski definition) is 3. The highest BCUT2D eigenvalue weighted by molar-refractivity contribution is 5.76. The molecule has 0 saturated carbocycles. The molecule has 4 nitrogen and oxygen atoms in total. The molecule has 2 atom stereocenters. The van der Waals surface area contributed by atoms with Crippen molar-refractivity contribution in [3.8, 4) is 0 Å². The van der Waals surface area contributed by atoms with E-state index in [-0.39, 0.29) is 12.5 Å². The number of aliphatic hydroxyl groups is 2. The van der Waals surface area contributed by atoms with Crippen LogP contribution in [0.1, 0.15) is 232 Å². The Morgan fingerprint density at radius 1 is 0.462 bits per heavy atom. The normalized spacial score (nSPS) is 13.4. The molecule has 0 saturated heterocycles. The van der Waals surface area contributed by atoms with Gasteiger partial charge in [-0.2, -0.15) is 0 Å². The highest BCUT2D eigenvalue weighted by Crippen LogP contribution is 2.15. The molecule has 1 amide bonds. The van der Waals surface area contributed by atoms with Gasteiger partial charge in [0.15, 0.2) is 0 Å². The maximum Gasteiger partial charge on any atom is 0.220 e. The number of aliphatic hydroxyl groups excluding tert-OH is 2. The molecule has 0 radical (unpaired) electrons. The van der Waals surface area contributed by atoms with Crippen LogP contribution in [0.2, 0.25) is 0 Å². The first-order valence-electron chi connectivity index (χ1n) is 22.9. The minimum Gasteiger partial charge on any atom is -0.394 e. The fraction of sp³-hybridized carbons (Fsp3) is 0.812. The molecule has 304 valence electrons. The van der Waals surface area contributed by atoms with Gasteiger partial charge in [-0.3, -0.25) is 4.79 Å². The van der Waals surface area contributed by atoms with Gasteiger partial charge in [0.1, 0.15) is 0 Å². The van der Waals surface area contributed by atoms with Crippen molar-refractivity contribution in [3.63, 3.8) is 0 Å². The number of amides is 1. The van der Waals surface area contributed by atoms with Crippen molar-refractivity contribution < 1.29 is 15.0 Å². The van der Waals surface area contributed by atoms with E-state index in [9.17, 15) is 15.0 Å². The third kappa shape index (κ3) is 39.6. The second kappa shape index (κ2) is 43.8. The first kappa shape index (κ1) is 50.4. The Morgan fingerprint density at radius 2 is 0.808 bits per heavy atom. The monoisotopic (exact) mass is 728 g/mol. The zero-order valence-corrected chi connectivity index (χ0v) is 34.8. The van der Waals surface area contributed by atoms with Crippen molar-refractivity contribution in [3.05, 3.63) is 48.6 Å². The van der Waals surface area contributed by atoms with Crippen LogP contribution in [0, 0.1) is 0 Å². The molecule has 0 bridgehead atoms. The minimum absolute atomic E-state index is 0.0821. The van der Waals surface area contributed by atoms with Gasteiger partial charge in [-0.15, -0.1) is 0 Å². The number of carbonyl (C=O) groups excluding carboxylic acids is 1. The van der Waals surface area contributed by atoms with E-state index >= 15 is 0 Å². The molecule has 3 N–H and O–H groups in total. The zero-order valence-electron chi connectivity index (χ0n) is 34.8. The van der Waals surface area contributed by atoms with Gasteiger partial charge in [0.2, 0.25) is 5.91 Å². The Bertz CT molecular complexity index is 831. The van der Waals surface area contributed by atoms with Gasteiger partial charge in [0.25, 0.3) is 0 Å². The van der Waals surface area contributed by atoms with Crippen molar-refractivity contribution in [2.45, 2.75) is 244 Å². The van der Waals surface area contributed by atoms with E-state index in [1.165, 1.54) is 167 Å². The fourth-order valence-corrected chi connectivity index (χ4v) is 6.75. The van der Waals surface area contributed by atoms with Crippen LogP contribution in [0.3, 0.4) is 0 Å². The summed E-state index contributed by atoms with van der Waals surface area (Å²) in [5.74, 6) is -0.0821. The molecule has 0 aromatic rings. The van der Waals surface area contributed by atoms with Gasteiger partial charge in [0, 0.05) is 6.42 Å². The lowest BCUT2D eigenvalue weighted by molar-refractivity contribution is -0.123. The number of carbonyl (C=O) groups is 1. The summed E-state index contributed by atoms with van der Waals surface area (Å²) in [7, 11) is 0. The third-order valence-electron chi connectivity index (χ3n) is 10.3. The largest absolute Gasteiger partial charge is 0.394 e. The highest BCUT2D eigenvalue weighted by atomic mass is 16.3. The maximum atomic E-state index is 12.4. The molecule has 0 aliphatic carbocycles. The van der Waals surface area contributed by atoms with E-state index in [4.69, 9.17) is 0 Å². The van der Waals surface area contributed by atoms with Crippen LogP contribution in [0.25, 0.3) is 0 Å². The Balaban J connectivity index is 3.61. The molecular weight excluding hydrogens is 639 g/mol. The van der Waals surface area contributed by atoms with Gasteiger partial charge in [0.05, 0.1) is 18.8 Å². The topological polar surface area (TPSA) is 69.6 Å². The maximum absolute atomic E-state index is 12.4. The van der Waals surface area contributed by atoms with E-state index in [0.29, 0.717) is 6.42 Å². The van der Waals surface area contributed by atoms with E-state index in [1.54, 1.807) is 6.08 Å². The second-order valence-corrected chi connectivity index (χ2v) is 15.5. The summed E-state index contributed by atoms with van der Waals surface area (Å²) in [4.78, 5) is 12.4. The Morgan fingerprint density at radius 3 is 1.27 bits per heavy atom. The smallest absolute Gasteiger partial charge is 0.220 e. The predicted octanol–water partition coefficient (Wildman–Crippen LogP) is 14.4. The van der Waals surface area contributed by atoms with E-state index < -0.39 is 12.1 Å². The molecule has 0 aliphatic rings. The molecule has 4 heteroatoms. The quantitative estimate of drug-likeness (QED) is 0.0434. The number of rotatable bonds is 41. The highest BCUT2D eigenvalue weighted by Gasteiger charge is 2.17. The summed E-state index contributed by atoms with van der Waals surface area (Å²) in [5, 5.41) is 23.0. The molecule has 0 rings (SSSR count). The fourth-order valence-electron chi connectivity index (χ4n) is 6.75. The Labute approximate surface area is 324 Å². The molecule has 0 aromatic heterocycles. The van der Waals surface area contributed by atoms with Crippen molar-refractivity contribution in [1.29, 1.82) is 0 Å². The van der Waals surface area contributed by atoms with Crippen molar-refractivity contribution in [2.75, 3.05) is 6.61 Å². The lowest BCUT2D eigenvalue weighted by atomic mass is 10.0. The summed E-state index contributed by atoms with van der Waals surface area (Å²) in [5.41, 5.74) is 0. The average Bonchev–Trinajstić information content (AvgIpc) is 3.15. The number of unbranched alkanes of at least 4 members (excludes halogenated alkanes) is 28. The molecular formula is C48H89NO3. The molecule has 2 unspecified atom stereocenters. The van der Waals surface area contributed by atoms with E-state index in [1.807, 2.05) is 6.08 Å². The minimum atomic E-state index is -0.866. The molecule has 0 heterocycles. The van der Waals surface area contributed by atoms with Gasteiger partial charge in [-0.05, 0) is 64.2 Å². The molecule has 52 heavy (non-hydrogen) atoms. The van der Waals surface area contributed by atoms with Crippen molar-refractivity contribution >= 4 is 5.91 Å². The van der Waals surface area contributed by atoms with Gasteiger partial charge in [-0.25, -0.2) is 0 Å². The number of allylic oxidation sites excluding steroid dienone is 7. The van der Waals surface area contributed by atoms with Crippen LogP contribution < -0.4 is 5.32 Å². The standard InChI is InChI=1S/C48H89NO3/c1-3-5-7-9-11-13-15-17-19-21-22-23-24-25-26-28-29-31-33-35-37-39-41-43-47(51)46(45-50)49-48(52)44-42-40-38-36-34-32-30-27-20-18-16-14-12-10-8-6-4-2/h12,14,18,20,33,35,41,43,46-47,50-51H,3-11,13,15-17,19,21-32,34,36-40,42,44-45H2,1-2H3,(H,49,52)/b14-12-,20-18-,35-33+,43-41+. The van der Waals surface area contributed by atoms with E-state index in [2.05, 4.69) is 55.6 Å². The summed E-state index contributed by atoms with van der Waals surface area (Å²) < 4.78 is 0. The van der Waals surface area contributed by atoms with Gasteiger partial charge in [-0.1, -0.05) is 210 Å². The average molecular weight is 728 g/mol. The van der Waals surface area contributed by atoms with Crippen LogP contribution in [0.5, 0.6) is 0 Å². The van der Waals surface area contributed by atoms with E-state index in [0.717, 1.165) is 44.9 Å². The van der Waals surface area contributed by atoms with Gasteiger partial charge >= 0.3 is 0 Å². The molecule has 0 aliphatic heterocycles. The van der Waals surface area contributed by atoms with Crippen LogP contribution in [-0.4, -0.2) is 34.9 Å². The van der Waals surface area contributed by atoms with Gasteiger partial charge < -0.3 is 15.5 Å². The first-order chi connectivity index (χ1) is 25.7. The third-order valence-corrected chi connectivity index (χ3v) is 10.3. The Hall–Kier alpha value is -1.65.